The van der Waals surface area contributed by atoms with Gasteiger partial charge in [0, 0.05) is 19.6 Å². The molecular formula is C22H29N5O2. The normalized spacial score (nSPS) is 16.1. The van der Waals surface area contributed by atoms with Gasteiger partial charge in [0.25, 0.3) is 0 Å². The van der Waals surface area contributed by atoms with E-state index < -0.39 is 0 Å². The molecule has 0 saturated heterocycles. The molecule has 2 heterocycles. The van der Waals surface area contributed by atoms with Crippen molar-refractivity contribution < 1.29 is 9.47 Å². The molecule has 154 valence electrons. The van der Waals surface area contributed by atoms with Crippen molar-refractivity contribution in [3.63, 3.8) is 0 Å². The van der Waals surface area contributed by atoms with E-state index in [1.54, 1.807) is 26.0 Å². The van der Waals surface area contributed by atoms with Crippen molar-refractivity contribution in [2.75, 3.05) is 37.5 Å². The molecular weight excluding hydrogens is 366 g/mol. The third kappa shape index (κ3) is 4.60. The number of hydrogen-bond donors (Lipinski definition) is 1. The van der Waals surface area contributed by atoms with E-state index >= 15 is 0 Å². The van der Waals surface area contributed by atoms with Crippen molar-refractivity contribution in [1.82, 2.24) is 15.2 Å². The molecule has 29 heavy (non-hydrogen) atoms. The van der Waals surface area contributed by atoms with E-state index in [0.29, 0.717) is 5.95 Å². The Balaban J connectivity index is 1.41. The Bertz CT molecular complexity index is 884. The van der Waals surface area contributed by atoms with E-state index in [1.165, 1.54) is 36.8 Å². The summed E-state index contributed by atoms with van der Waals surface area (Å²) in [4.78, 5) is 6.86. The molecule has 1 N–H and O–H groups in total. The highest BCUT2D eigenvalue weighted by Crippen LogP contribution is 2.33. The van der Waals surface area contributed by atoms with Crippen LogP contribution in [0.4, 0.5) is 11.8 Å². The first kappa shape index (κ1) is 19.5. The highest BCUT2D eigenvalue weighted by molar-refractivity contribution is 5.51. The Morgan fingerprint density at radius 3 is 2.66 bits per heavy atom. The molecule has 1 aromatic heterocycles. The SMILES string of the molecule is COc1cc2c(cc1OC)CN(c1nncc(NCCC3=CCCCC3)n1)CC2. The summed E-state index contributed by atoms with van der Waals surface area (Å²) >= 11 is 0. The van der Waals surface area contributed by atoms with E-state index in [-0.39, 0.29) is 0 Å². The summed E-state index contributed by atoms with van der Waals surface area (Å²) < 4.78 is 10.9. The van der Waals surface area contributed by atoms with E-state index in [2.05, 4.69) is 32.6 Å². The van der Waals surface area contributed by atoms with E-state index in [9.17, 15) is 0 Å². The number of allylic oxidation sites excluding steroid dienone is 1. The van der Waals surface area contributed by atoms with Crippen LogP contribution in [0.15, 0.2) is 30.0 Å². The second-order valence-corrected chi connectivity index (χ2v) is 7.57. The first-order chi connectivity index (χ1) is 14.3. The summed E-state index contributed by atoms with van der Waals surface area (Å²) in [6.07, 6.45) is 11.2. The van der Waals surface area contributed by atoms with Gasteiger partial charge in [-0.1, -0.05) is 11.6 Å². The molecule has 7 heteroatoms. The number of anilines is 2. The van der Waals surface area contributed by atoms with Crippen molar-refractivity contribution in [2.45, 2.75) is 45.1 Å². The fraction of sp³-hybridized carbons (Fsp3) is 0.500. The average Bonchev–Trinajstić information content (AvgIpc) is 2.78. The van der Waals surface area contributed by atoms with Gasteiger partial charge in [-0.15, -0.1) is 5.10 Å². The van der Waals surface area contributed by atoms with Crippen LogP contribution in [-0.2, 0) is 13.0 Å². The number of benzene rings is 1. The zero-order chi connectivity index (χ0) is 20.1. The van der Waals surface area contributed by atoms with E-state index in [1.807, 2.05) is 6.07 Å². The fourth-order valence-electron chi connectivity index (χ4n) is 4.05. The van der Waals surface area contributed by atoms with Crippen LogP contribution in [0.25, 0.3) is 0 Å². The standard InChI is InChI=1S/C22H29N5O2/c1-28-19-12-17-9-11-27(15-18(17)13-20(19)29-2)22-25-21(14-24-26-22)23-10-8-16-6-4-3-5-7-16/h6,12-14H,3-5,7-11,15H2,1-2H3,(H,23,25,26). The largest absolute Gasteiger partial charge is 0.493 e. The minimum atomic E-state index is 0.660. The predicted octanol–water partition coefficient (Wildman–Crippen LogP) is 3.75. The monoisotopic (exact) mass is 395 g/mol. The maximum atomic E-state index is 5.45. The van der Waals surface area contributed by atoms with Crippen molar-refractivity contribution >= 4 is 11.8 Å². The molecule has 0 saturated carbocycles. The predicted molar refractivity (Wildman–Crippen MR) is 114 cm³/mol. The van der Waals surface area contributed by atoms with Gasteiger partial charge >= 0.3 is 0 Å². The fourth-order valence-corrected chi connectivity index (χ4v) is 4.05. The van der Waals surface area contributed by atoms with Gasteiger partial charge < -0.3 is 19.7 Å². The number of ether oxygens (including phenoxy) is 2. The molecule has 7 nitrogen and oxygen atoms in total. The third-order valence-corrected chi connectivity index (χ3v) is 5.69. The molecule has 0 spiro atoms. The van der Waals surface area contributed by atoms with Gasteiger partial charge in [0.15, 0.2) is 17.3 Å². The Morgan fingerprint density at radius 1 is 1.07 bits per heavy atom. The molecule has 0 radical (unpaired) electrons. The summed E-state index contributed by atoms with van der Waals surface area (Å²) in [6.45, 7) is 2.46. The van der Waals surface area contributed by atoms with Gasteiger partial charge in [0.05, 0.1) is 20.4 Å². The van der Waals surface area contributed by atoms with Crippen LogP contribution in [0.3, 0.4) is 0 Å². The lowest BCUT2D eigenvalue weighted by atomic mass is 9.97. The molecule has 1 aliphatic carbocycles. The maximum Gasteiger partial charge on any atom is 0.247 e. The molecule has 1 aliphatic heterocycles. The van der Waals surface area contributed by atoms with Crippen LogP contribution in [-0.4, -0.2) is 42.5 Å². The molecule has 1 aromatic carbocycles. The Labute approximate surface area is 172 Å². The minimum Gasteiger partial charge on any atom is -0.493 e. The lowest BCUT2D eigenvalue weighted by molar-refractivity contribution is 0.353. The lowest BCUT2D eigenvalue weighted by Gasteiger charge is -2.29. The van der Waals surface area contributed by atoms with Crippen molar-refractivity contribution in [3.8, 4) is 11.5 Å². The van der Waals surface area contributed by atoms with Crippen LogP contribution in [0.5, 0.6) is 11.5 Å². The van der Waals surface area contributed by atoms with Gasteiger partial charge in [-0.3, -0.25) is 0 Å². The third-order valence-electron chi connectivity index (χ3n) is 5.69. The summed E-state index contributed by atoms with van der Waals surface area (Å²) in [5.74, 6) is 2.97. The van der Waals surface area contributed by atoms with Crippen LogP contribution < -0.4 is 19.7 Å². The number of hydrogen-bond acceptors (Lipinski definition) is 7. The molecule has 0 unspecified atom stereocenters. The van der Waals surface area contributed by atoms with Gasteiger partial charge in [-0.05, 0) is 61.8 Å². The van der Waals surface area contributed by atoms with Crippen molar-refractivity contribution in [1.29, 1.82) is 0 Å². The smallest absolute Gasteiger partial charge is 0.247 e. The minimum absolute atomic E-state index is 0.660. The van der Waals surface area contributed by atoms with E-state index in [0.717, 1.165) is 49.8 Å². The zero-order valence-corrected chi connectivity index (χ0v) is 17.3. The zero-order valence-electron chi connectivity index (χ0n) is 17.3. The summed E-state index contributed by atoms with van der Waals surface area (Å²) in [7, 11) is 3.33. The van der Waals surface area contributed by atoms with Crippen molar-refractivity contribution in [2.24, 2.45) is 0 Å². The van der Waals surface area contributed by atoms with Crippen LogP contribution in [0.1, 0.15) is 43.2 Å². The first-order valence-electron chi connectivity index (χ1n) is 10.4. The van der Waals surface area contributed by atoms with Gasteiger partial charge in [0.2, 0.25) is 5.95 Å². The highest BCUT2D eigenvalue weighted by atomic mass is 16.5. The summed E-state index contributed by atoms with van der Waals surface area (Å²) in [6, 6.07) is 4.12. The number of nitrogens with zero attached hydrogens (tertiary/aromatic N) is 4. The van der Waals surface area contributed by atoms with Crippen LogP contribution in [0, 0.1) is 0 Å². The Kier molecular flexibility index (Phi) is 6.12. The van der Waals surface area contributed by atoms with Crippen LogP contribution in [0.2, 0.25) is 0 Å². The van der Waals surface area contributed by atoms with Gasteiger partial charge in [-0.2, -0.15) is 10.1 Å². The average molecular weight is 396 g/mol. The molecule has 4 rings (SSSR count). The molecule has 0 bridgehead atoms. The lowest BCUT2D eigenvalue weighted by Crippen LogP contribution is -2.32. The molecule has 2 aliphatic rings. The quantitative estimate of drug-likeness (QED) is 0.716. The second kappa shape index (κ2) is 9.11. The number of fused-ring (bicyclic) bond motifs is 1. The number of methoxy groups -OCH3 is 2. The maximum absolute atomic E-state index is 5.45. The van der Waals surface area contributed by atoms with Gasteiger partial charge in [-0.25, -0.2) is 0 Å². The first-order valence-corrected chi connectivity index (χ1v) is 10.4. The summed E-state index contributed by atoms with van der Waals surface area (Å²) in [5.41, 5.74) is 4.05. The Morgan fingerprint density at radius 2 is 1.90 bits per heavy atom. The molecule has 0 fully saturated rings. The second-order valence-electron chi connectivity index (χ2n) is 7.57. The number of rotatable bonds is 7. The van der Waals surface area contributed by atoms with Crippen LogP contribution >= 0.6 is 0 Å². The highest BCUT2D eigenvalue weighted by Gasteiger charge is 2.21. The topological polar surface area (TPSA) is 72.4 Å². The molecule has 0 atom stereocenters. The summed E-state index contributed by atoms with van der Waals surface area (Å²) in [5, 5.41) is 11.8. The number of nitrogens with one attached hydrogen (secondary N) is 1. The molecule has 0 amide bonds. The van der Waals surface area contributed by atoms with Gasteiger partial charge in [0.1, 0.15) is 0 Å². The van der Waals surface area contributed by atoms with Crippen molar-refractivity contribution in [3.05, 3.63) is 41.1 Å². The number of aromatic nitrogens is 3. The van der Waals surface area contributed by atoms with E-state index in [4.69, 9.17) is 14.5 Å². The molecule has 2 aromatic rings. The Hall–Kier alpha value is -2.83.